The van der Waals surface area contributed by atoms with Crippen LogP contribution in [0.3, 0.4) is 0 Å². The summed E-state index contributed by atoms with van der Waals surface area (Å²) in [5.74, 6) is -1.30. The molecule has 6 heteroatoms. The summed E-state index contributed by atoms with van der Waals surface area (Å²) < 4.78 is 27.3. The van der Waals surface area contributed by atoms with Crippen LogP contribution >= 0.6 is 39.1 Å². The number of hydrogen-bond donors (Lipinski definition) is 1. The summed E-state index contributed by atoms with van der Waals surface area (Å²) in [5, 5.41) is 4.08. The van der Waals surface area contributed by atoms with Gasteiger partial charge in [0.15, 0.2) is 0 Å². The van der Waals surface area contributed by atoms with Gasteiger partial charge in [-0.3, -0.25) is 0 Å². The van der Waals surface area contributed by atoms with Crippen LogP contribution in [-0.4, -0.2) is 0 Å². The van der Waals surface area contributed by atoms with Crippen molar-refractivity contribution in [1.82, 2.24) is 0 Å². The van der Waals surface area contributed by atoms with Crippen LogP contribution in [0.25, 0.3) is 0 Å². The van der Waals surface area contributed by atoms with Crippen molar-refractivity contribution in [1.29, 1.82) is 0 Å². The van der Waals surface area contributed by atoms with Crippen LogP contribution in [0.5, 0.6) is 0 Å². The molecule has 1 N–H and O–H groups in total. The molecule has 0 bridgehead atoms. The molecule has 21 heavy (non-hydrogen) atoms. The number of anilines is 1. The third-order valence-corrected chi connectivity index (χ3v) is 4.26. The molecule has 0 amide bonds. The normalized spacial score (nSPS) is 12.3. The second-order valence-corrected chi connectivity index (χ2v) is 6.22. The third kappa shape index (κ3) is 3.87. The maximum atomic E-state index is 13.8. The van der Waals surface area contributed by atoms with Crippen LogP contribution in [0.4, 0.5) is 14.5 Å². The van der Waals surface area contributed by atoms with Crippen LogP contribution in [-0.2, 0) is 0 Å². The lowest BCUT2D eigenvalue weighted by Gasteiger charge is -2.21. The highest BCUT2D eigenvalue weighted by Gasteiger charge is 2.16. The topological polar surface area (TPSA) is 12.0 Å². The van der Waals surface area contributed by atoms with Crippen molar-refractivity contribution in [2.45, 2.75) is 19.4 Å². The smallest absolute Gasteiger partial charge is 0.149 e. The zero-order valence-electron chi connectivity index (χ0n) is 11.1. The van der Waals surface area contributed by atoms with Gasteiger partial charge < -0.3 is 5.32 Å². The first-order valence-corrected chi connectivity index (χ1v) is 7.83. The van der Waals surface area contributed by atoms with Crippen molar-refractivity contribution >= 4 is 44.8 Å². The van der Waals surface area contributed by atoms with Crippen molar-refractivity contribution < 1.29 is 8.78 Å². The Bertz CT molecular complexity index is 664. The molecular weight excluding hydrogens is 383 g/mol. The van der Waals surface area contributed by atoms with Gasteiger partial charge in [0.25, 0.3) is 0 Å². The molecule has 0 saturated carbocycles. The molecule has 1 unspecified atom stereocenters. The lowest BCUT2D eigenvalue weighted by molar-refractivity contribution is 0.578. The molecule has 2 rings (SSSR count). The molecule has 0 fully saturated rings. The van der Waals surface area contributed by atoms with E-state index in [1.807, 2.05) is 6.92 Å². The maximum absolute atomic E-state index is 13.8. The average molecular weight is 395 g/mol. The minimum Gasteiger partial charge on any atom is -0.376 e. The first kappa shape index (κ1) is 16.5. The Balaban J connectivity index is 2.33. The Kier molecular flexibility index (Phi) is 5.47. The van der Waals surface area contributed by atoms with Gasteiger partial charge in [0.1, 0.15) is 11.6 Å². The fourth-order valence-corrected chi connectivity index (χ4v) is 2.89. The average Bonchev–Trinajstić information content (AvgIpc) is 2.42. The predicted molar refractivity (Wildman–Crippen MR) is 87.2 cm³/mol. The van der Waals surface area contributed by atoms with Crippen molar-refractivity contribution in [3.05, 3.63) is 62.0 Å². The lowest BCUT2D eigenvalue weighted by atomic mass is 10.0. The molecule has 112 valence electrons. The van der Waals surface area contributed by atoms with Crippen LogP contribution < -0.4 is 5.32 Å². The fraction of sp³-hybridized carbons (Fsp3) is 0.200. The van der Waals surface area contributed by atoms with Gasteiger partial charge in [-0.25, -0.2) is 8.78 Å². The second-order valence-electron chi connectivity index (χ2n) is 4.52. The van der Waals surface area contributed by atoms with E-state index < -0.39 is 11.6 Å². The highest BCUT2D eigenvalue weighted by Crippen LogP contribution is 2.32. The van der Waals surface area contributed by atoms with Gasteiger partial charge in [-0.05, 0) is 46.1 Å². The van der Waals surface area contributed by atoms with E-state index in [9.17, 15) is 8.78 Å². The number of rotatable bonds is 4. The molecule has 1 atom stereocenters. The first-order chi connectivity index (χ1) is 9.92. The SMILES string of the molecule is CCC(Nc1cc(Br)c(F)cc1F)c1ccc(Cl)cc1Cl. The number of nitrogens with one attached hydrogen (secondary N) is 1. The molecule has 0 aliphatic heterocycles. The minimum absolute atomic E-state index is 0.198. The summed E-state index contributed by atoms with van der Waals surface area (Å²) in [4.78, 5) is 0. The molecule has 0 saturated heterocycles. The summed E-state index contributed by atoms with van der Waals surface area (Å²) >= 11 is 15.1. The largest absolute Gasteiger partial charge is 0.376 e. The standard InChI is InChI=1S/C15H12BrCl2F2N/c1-2-14(9-4-3-8(17)5-11(9)18)21-15-6-10(16)12(19)7-13(15)20/h3-7,14,21H,2H2,1H3. The molecule has 0 radical (unpaired) electrons. The summed E-state index contributed by atoms with van der Waals surface area (Å²) in [6.07, 6.45) is 0.676. The third-order valence-electron chi connectivity index (χ3n) is 3.09. The van der Waals surface area contributed by atoms with E-state index in [1.165, 1.54) is 6.07 Å². The van der Waals surface area contributed by atoms with Crippen LogP contribution in [0.1, 0.15) is 24.9 Å². The van der Waals surface area contributed by atoms with Crippen molar-refractivity contribution in [3.8, 4) is 0 Å². The number of hydrogen-bond acceptors (Lipinski definition) is 1. The molecule has 0 aliphatic rings. The Morgan fingerprint density at radius 2 is 1.86 bits per heavy atom. The Morgan fingerprint density at radius 1 is 1.14 bits per heavy atom. The predicted octanol–water partition coefficient (Wildman–Crippen LogP) is 6.60. The van der Waals surface area contributed by atoms with E-state index >= 15 is 0 Å². The molecule has 0 heterocycles. The summed E-state index contributed by atoms with van der Waals surface area (Å²) in [6, 6.07) is 7.16. The Labute approximate surface area is 140 Å². The van der Waals surface area contributed by atoms with E-state index in [2.05, 4.69) is 21.2 Å². The van der Waals surface area contributed by atoms with Gasteiger partial charge >= 0.3 is 0 Å². The van der Waals surface area contributed by atoms with Gasteiger partial charge in [0, 0.05) is 16.1 Å². The lowest BCUT2D eigenvalue weighted by Crippen LogP contribution is -2.11. The van der Waals surface area contributed by atoms with Crippen molar-refractivity contribution in [3.63, 3.8) is 0 Å². The van der Waals surface area contributed by atoms with E-state index in [-0.39, 0.29) is 16.2 Å². The van der Waals surface area contributed by atoms with Crippen LogP contribution in [0, 0.1) is 11.6 Å². The molecule has 2 aromatic rings. The van der Waals surface area contributed by atoms with Crippen molar-refractivity contribution in [2.24, 2.45) is 0 Å². The van der Waals surface area contributed by atoms with Gasteiger partial charge in [-0.1, -0.05) is 36.2 Å². The molecule has 2 aromatic carbocycles. The maximum Gasteiger partial charge on any atom is 0.149 e. The van der Waals surface area contributed by atoms with Gasteiger partial charge in [0.05, 0.1) is 16.2 Å². The van der Waals surface area contributed by atoms with Crippen LogP contribution in [0.2, 0.25) is 10.0 Å². The minimum atomic E-state index is -0.653. The fourth-order valence-electron chi connectivity index (χ4n) is 2.00. The number of halogens is 5. The molecule has 0 aromatic heterocycles. The molecule has 0 spiro atoms. The first-order valence-electron chi connectivity index (χ1n) is 6.28. The molecule has 1 nitrogen and oxygen atoms in total. The molecular formula is C15H12BrCl2F2N. The van der Waals surface area contributed by atoms with E-state index in [0.717, 1.165) is 11.6 Å². The molecule has 0 aliphatic carbocycles. The second kappa shape index (κ2) is 6.95. The van der Waals surface area contributed by atoms with Gasteiger partial charge in [0.2, 0.25) is 0 Å². The van der Waals surface area contributed by atoms with E-state index in [4.69, 9.17) is 23.2 Å². The van der Waals surface area contributed by atoms with E-state index in [1.54, 1.807) is 18.2 Å². The summed E-state index contributed by atoms with van der Waals surface area (Å²) in [6.45, 7) is 1.94. The highest BCUT2D eigenvalue weighted by atomic mass is 79.9. The zero-order chi connectivity index (χ0) is 15.6. The summed E-state index contributed by atoms with van der Waals surface area (Å²) in [7, 11) is 0. The van der Waals surface area contributed by atoms with Gasteiger partial charge in [-0.2, -0.15) is 0 Å². The Hall–Kier alpha value is -0.840. The van der Waals surface area contributed by atoms with Gasteiger partial charge in [-0.15, -0.1) is 0 Å². The van der Waals surface area contributed by atoms with Crippen molar-refractivity contribution in [2.75, 3.05) is 5.32 Å². The highest BCUT2D eigenvalue weighted by molar-refractivity contribution is 9.10. The van der Waals surface area contributed by atoms with Crippen LogP contribution in [0.15, 0.2) is 34.8 Å². The number of benzene rings is 2. The monoisotopic (exact) mass is 393 g/mol. The zero-order valence-corrected chi connectivity index (χ0v) is 14.2. The summed E-state index contributed by atoms with van der Waals surface area (Å²) in [5.41, 5.74) is 1.02. The Morgan fingerprint density at radius 3 is 2.48 bits per heavy atom. The van der Waals surface area contributed by atoms with E-state index in [0.29, 0.717) is 16.5 Å². The quantitative estimate of drug-likeness (QED) is 0.576.